The van der Waals surface area contributed by atoms with Gasteiger partial charge < -0.3 is 10.0 Å². The Hall–Kier alpha value is -1.55. The first-order chi connectivity index (χ1) is 9.58. The van der Waals surface area contributed by atoms with Crippen LogP contribution in [0.15, 0.2) is 18.2 Å². The van der Waals surface area contributed by atoms with Crippen LogP contribution in [0.4, 0.5) is 0 Å². The lowest BCUT2D eigenvalue weighted by atomic mass is 10.1. The van der Waals surface area contributed by atoms with Gasteiger partial charge in [-0.1, -0.05) is 26.0 Å². The number of benzene rings is 1. The molecule has 4 nitrogen and oxygen atoms in total. The molecule has 4 heteroatoms. The van der Waals surface area contributed by atoms with Crippen molar-refractivity contribution in [2.24, 2.45) is 0 Å². The van der Waals surface area contributed by atoms with Crippen LogP contribution in [0.1, 0.15) is 36.2 Å². The number of aryl methyl sites for hydroxylation is 1. The number of phenolic OH excluding ortho intramolecular Hbond substituents is 1. The Morgan fingerprint density at radius 2 is 2.10 bits per heavy atom. The van der Waals surface area contributed by atoms with Crippen molar-refractivity contribution >= 4 is 5.91 Å². The van der Waals surface area contributed by atoms with Crippen LogP contribution in [0.2, 0.25) is 0 Å². The van der Waals surface area contributed by atoms with Gasteiger partial charge in [0.2, 0.25) is 0 Å². The molecule has 1 aromatic carbocycles. The average Bonchev–Trinajstić information content (AvgIpc) is 2.92. The van der Waals surface area contributed by atoms with E-state index in [2.05, 4.69) is 18.7 Å². The van der Waals surface area contributed by atoms with Crippen LogP contribution in [0, 0.1) is 6.92 Å². The van der Waals surface area contributed by atoms with E-state index in [-0.39, 0.29) is 11.7 Å². The Morgan fingerprint density at radius 1 is 1.40 bits per heavy atom. The largest absolute Gasteiger partial charge is 0.507 e. The molecule has 1 unspecified atom stereocenters. The van der Waals surface area contributed by atoms with E-state index in [0.717, 1.165) is 38.2 Å². The van der Waals surface area contributed by atoms with Crippen LogP contribution in [-0.4, -0.2) is 53.0 Å². The number of nitrogens with zero attached hydrogens (tertiary/aromatic N) is 2. The third kappa shape index (κ3) is 2.80. The first kappa shape index (κ1) is 14.9. The molecule has 0 radical (unpaired) electrons. The second-order valence-electron chi connectivity index (χ2n) is 5.39. The number of carbonyl (C=O) groups excluding carboxylic acids is 1. The zero-order chi connectivity index (χ0) is 14.7. The molecule has 110 valence electrons. The predicted octanol–water partition coefficient (Wildman–Crippen LogP) is 2.26. The van der Waals surface area contributed by atoms with E-state index in [9.17, 15) is 9.90 Å². The summed E-state index contributed by atoms with van der Waals surface area (Å²) in [4.78, 5) is 16.8. The predicted molar refractivity (Wildman–Crippen MR) is 80.1 cm³/mol. The van der Waals surface area contributed by atoms with Crippen molar-refractivity contribution in [2.75, 3.05) is 26.2 Å². The SMILES string of the molecule is CCN(CC)C1CCN(C(=O)c2cccc(C)c2O)C1. The summed E-state index contributed by atoms with van der Waals surface area (Å²) >= 11 is 0. The van der Waals surface area contributed by atoms with Crippen LogP contribution >= 0.6 is 0 Å². The molecule has 20 heavy (non-hydrogen) atoms. The number of carbonyl (C=O) groups is 1. The van der Waals surface area contributed by atoms with Gasteiger partial charge in [0.1, 0.15) is 5.75 Å². The van der Waals surface area contributed by atoms with Crippen LogP contribution in [0.5, 0.6) is 5.75 Å². The lowest BCUT2D eigenvalue weighted by Gasteiger charge is -2.26. The molecule has 0 aromatic heterocycles. The summed E-state index contributed by atoms with van der Waals surface area (Å²) in [6, 6.07) is 5.78. The summed E-state index contributed by atoms with van der Waals surface area (Å²) in [6.45, 7) is 9.68. The summed E-state index contributed by atoms with van der Waals surface area (Å²) in [5.41, 5.74) is 1.17. The first-order valence-electron chi connectivity index (χ1n) is 7.40. The van der Waals surface area contributed by atoms with Gasteiger partial charge >= 0.3 is 0 Å². The molecule has 1 fully saturated rings. The molecule has 1 N–H and O–H groups in total. The molecular formula is C16H24N2O2. The van der Waals surface area contributed by atoms with Gasteiger partial charge in [0.15, 0.2) is 0 Å². The van der Waals surface area contributed by atoms with Gasteiger partial charge in [-0.2, -0.15) is 0 Å². The number of hydrogen-bond donors (Lipinski definition) is 1. The Labute approximate surface area is 121 Å². The number of para-hydroxylation sites is 1. The summed E-state index contributed by atoms with van der Waals surface area (Å²) in [6.07, 6.45) is 1.01. The molecule has 2 rings (SSSR count). The lowest BCUT2D eigenvalue weighted by Crippen LogP contribution is -2.38. The zero-order valence-electron chi connectivity index (χ0n) is 12.6. The van der Waals surface area contributed by atoms with Gasteiger partial charge in [-0.05, 0) is 38.1 Å². The van der Waals surface area contributed by atoms with Crippen molar-refractivity contribution in [1.82, 2.24) is 9.80 Å². The minimum absolute atomic E-state index is 0.0548. The number of aromatic hydroxyl groups is 1. The van der Waals surface area contributed by atoms with Gasteiger partial charge in [0, 0.05) is 19.1 Å². The molecule has 0 bridgehead atoms. The molecule has 1 amide bonds. The Morgan fingerprint density at radius 3 is 2.75 bits per heavy atom. The van der Waals surface area contributed by atoms with E-state index in [0.29, 0.717) is 11.6 Å². The maximum Gasteiger partial charge on any atom is 0.257 e. The van der Waals surface area contributed by atoms with E-state index < -0.39 is 0 Å². The van der Waals surface area contributed by atoms with E-state index >= 15 is 0 Å². The van der Waals surface area contributed by atoms with Crippen LogP contribution in [-0.2, 0) is 0 Å². The maximum absolute atomic E-state index is 12.5. The molecule has 0 spiro atoms. The van der Waals surface area contributed by atoms with Crippen LogP contribution < -0.4 is 0 Å². The second kappa shape index (κ2) is 6.27. The van der Waals surface area contributed by atoms with Crippen molar-refractivity contribution in [1.29, 1.82) is 0 Å². The van der Waals surface area contributed by atoms with Crippen molar-refractivity contribution in [2.45, 2.75) is 33.2 Å². The monoisotopic (exact) mass is 276 g/mol. The average molecular weight is 276 g/mol. The summed E-state index contributed by atoms with van der Waals surface area (Å²) in [5.74, 6) is 0.0599. The van der Waals surface area contributed by atoms with E-state index in [1.54, 1.807) is 6.07 Å². The zero-order valence-corrected chi connectivity index (χ0v) is 12.6. The molecule has 1 atom stereocenters. The number of amides is 1. The summed E-state index contributed by atoms with van der Waals surface area (Å²) in [7, 11) is 0. The molecular weight excluding hydrogens is 252 g/mol. The van der Waals surface area contributed by atoms with Crippen LogP contribution in [0.3, 0.4) is 0 Å². The number of hydrogen-bond acceptors (Lipinski definition) is 3. The fourth-order valence-electron chi connectivity index (χ4n) is 2.97. The molecule has 1 aliphatic rings. The lowest BCUT2D eigenvalue weighted by molar-refractivity contribution is 0.0775. The minimum atomic E-state index is -0.0548. The highest BCUT2D eigenvalue weighted by Gasteiger charge is 2.30. The third-order valence-corrected chi connectivity index (χ3v) is 4.25. The van der Waals surface area contributed by atoms with Crippen molar-refractivity contribution in [3.8, 4) is 5.75 Å². The summed E-state index contributed by atoms with van der Waals surface area (Å²) < 4.78 is 0. The van der Waals surface area contributed by atoms with Gasteiger partial charge in [-0.25, -0.2) is 0 Å². The van der Waals surface area contributed by atoms with E-state index in [1.165, 1.54) is 0 Å². The van der Waals surface area contributed by atoms with Gasteiger partial charge in [-0.3, -0.25) is 9.69 Å². The van der Waals surface area contributed by atoms with Gasteiger partial charge in [0.05, 0.1) is 5.56 Å². The minimum Gasteiger partial charge on any atom is -0.507 e. The van der Waals surface area contributed by atoms with Crippen molar-refractivity contribution < 1.29 is 9.90 Å². The normalized spacial score (nSPS) is 18.8. The van der Waals surface area contributed by atoms with Crippen molar-refractivity contribution in [3.63, 3.8) is 0 Å². The maximum atomic E-state index is 12.5. The standard InChI is InChI=1S/C16H24N2O2/c1-4-17(5-2)13-9-10-18(11-13)16(20)14-8-6-7-12(3)15(14)19/h6-8,13,19H,4-5,9-11H2,1-3H3. The summed E-state index contributed by atoms with van der Waals surface area (Å²) in [5, 5.41) is 10.0. The Balaban J connectivity index is 2.10. The first-order valence-corrected chi connectivity index (χ1v) is 7.40. The van der Waals surface area contributed by atoms with Crippen molar-refractivity contribution in [3.05, 3.63) is 29.3 Å². The highest BCUT2D eigenvalue weighted by molar-refractivity contribution is 5.97. The second-order valence-corrected chi connectivity index (χ2v) is 5.39. The topological polar surface area (TPSA) is 43.8 Å². The molecule has 1 aromatic rings. The van der Waals surface area contributed by atoms with E-state index in [1.807, 2.05) is 24.0 Å². The number of likely N-dealkylation sites (tertiary alicyclic amines) is 1. The van der Waals surface area contributed by atoms with Gasteiger partial charge in [0.25, 0.3) is 5.91 Å². The third-order valence-electron chi connectivity index (χ3n) is 4.25. The number of phenols is 1. The van der Waals surface area contributed by atoms with Gasteiger partial charge in [-0.15, -0.1) is 0 Å². The molecule has 1 saturated heterocycles. The fraction of sp³-hybridized carbons (Fsp3) is 0.562. The highest BCUT2D eigenvalue weighted by atomic mass is 16.3. The quantitative estimate of drug-likeness (QED) is 0.917. The number of rotatable bonds is 4. The molecule has 1 aliphatic heterocycles. The smallest absolute Gasteiger partial charge is 0.257 e. The molecule has 0 aliphatic carbocycles. The Bertz CT molecular complexity index is 483. The van der Waals surface area contributed by atoms with E-state index in [4.69, 9.17) is 0 Å². The fourth-order valence-corrected chi connectivity index (χ4v) is 2.97. The highest BCUT2D eigenvalue weighted by Crippen LogP contribution is 2.25. The molecule has 1 heterocycles. The molecule has 0 saturated carbocycles. The Kier molecular flexibility index (Phi) is 4.65. The van der Waals surface area contributed by atoms with Crippen LogP contribution in [0.25, 0.3) is 0 Å². The number of likely N-dealkylation sites (N-methyl/N-ethyl adjacent to an activating group) is 1.